The molecular weight excluding hydrogens is 352 g/mol. The average Bonchev–Trinajstić information content (AvgIpc) is 3.40. The molecule has 3 aromatic rings. The lowest BCUT2D eigenvalue weighted by Crippen LogP contribution is -2.00. The highest BCUT2D eigenvalue weighted by Gasteiger charge is 2.07. The minimum atomic E-state index is -0.370. The van der Waals surface area contributed by atoms with E-state index in [1.54, 1.807) is 6.07 Å². The zero-order chi connectivity index (χ0) is 19.1. The first-order chi connectivity index (χ1) is 13.6. The highest BCUT2D eigenvalue weighted by molar-refractivity contribution is 5.81. The van der Waals surface area contributed by atoms with E-state index in [1.165, 1.54) is 6.92 Å². The minimum Gasteiger partial charge on any atom is -0.424 e. The molecule has 0 atom stereocenters. The van der Waals surface area contributed by atoms with Crippen LogP contribution in [0.4, 0.5) is 0 Å². The maximum atomic E-state index is 11.5. The van der Waals surface area contributed by atoms with Crippen molar-refractivity contribution in [2.24, 2.45) is 0 Å². The summed E-state index contributed by atoms with van der Waals surface area (Å²) in [7, 11) is 0. The number of ether oxygens (including phenoxy) is 1. The van der Waals surface area contributed by atoms with Gasteiger partial charge < -0.3 is 14.7 Å². The van der Waals surface area contributed by atoms with Gasteiger partial charge in [0.2, 0.25) is 0 Å². The van der Waals surface area contributed by atoms with Gasteiger partial charge in [0.15, 0.2) is 5.75 Å². The van der Waals surface area contributed by atoms with Gasteiger partial charge in [0.05, 0.1) is 28.3 Å². The monoisotopic (exact) mass is 368 g/mol. The maximum absolute atomic E-state index is 11.5. The number of nitrogens with zero attached hydrogens (tertiary/aromatic N) is 2. The minimum absolute atomic E-state index is 0.370. The van der Waals surface area contributed by atoms with E-state index in [4.69, 9.17) is 4.74 Å². The summed E-state index contributed by atoms with van der Waals surface area (Å²) >= 11 is 0. The van der Waals surface area contributed by atoms with Crippen molar-refractivity contribution in [2.75, 3.05) is 0 Å². The van der Waals surface area contributed by atoms with E-state index in [2.05, 4.69) is 19.9 Å². The van der Waals surface area contributed by atoms with Gasteiger partial charge in [-0.15, -0.1) is 0 Å². The summed E-state index contributed by atoms with van der Waals surface area (Å²) in [5.41, 5.74) is 6.69. The van der Waals surface area contributed by atoms with Crippen LogP contribution in [0.15, 0.2) is 42.5 Å². The Kier molecular flexibility index (Phi) is 3.69. The van der Waals surface area contributed by atoms with Crippen molar-refractivity contribution < 1.29 is 9.53 Å². The second-order valence-corrected chi connectivity index (χ2v) is 6.63. The van der Waals surface area contributed by atoms with E-state index in [1.807, 2.05) is 60.7 Å². The Hall–Kier alpha value is -3.93. The molecule has 28 heavy (non-hydrogen) atoms. The molecule has 6 nitrogen and oxygen atoms in total. The Morgan fingerprint density at radius 3 is 2.04 bits per heavy atom. The smallest absolute Gasteiger partial charge is 0.308 e. The summed E-state index contributed by atoms with van der Waals surface area (Å²) in [5, 5.41) is 0. The Morgan fingerprint density at radius 1 is 0.750 bits per heavy atom. The Morgan fingerprint density at radius 2 is 1.36 bits per heavy atom. The SMILES string of the molecule is CC(=O)Oc1cc2cc3ccc(cc4nc(cc5nc(cc1[nH]2)C=C5)C=C4)[nH]3. The van der Waals surface area contributed by atoms with Gasteiger partial charge in [-0.2, -0.15) is 0 Å². The maximum Gasteiger partial charge on any atom is 0.308 e. The second-order valence-electron chi connectivity index (χ2n) is 6.63. The number of aromatic nitrogens is 4. The molecule has 0 radical (unpaired) electrons. The van der Waals surface area contributed by atoms with Gasteiger partial charge in [-0.05, 0) is 60.7 Å². The number of carbonyl (C=O) groups is 1. The van der Waals surface area contributed by atoms with Crippen LogP contribution in [0.2, 0.25) is 0 Å². The number of esters is 1. The molecule has 0 fully saturated rings. The zero-order valence-electron chi connectivity index (χ0n) is 15.1. The zero-order valence-corrected chi connectivity index (χ0v) is 15.1. The van der Waals surface area contributed by atoms with Gasteiger partial charge in [-0.1, -0.05) is 0 Å². The molecule has 0 saturated heterocycles. The number of hydrogen-bond acceptors (Lipinski definition) is 4. The number of carbonyl (C=O) groups excluding carboxylic acids is 1. The lowest BCUT2D eigenvalue weighted by atomic mass is 10.3. The van der Waals surface area contributed by atoms with E-state index in [0.29, 0.717) is 11.3 Å². The molecule has 8 bridgehead atoms. The van der Waals surface area contributed by atoms with Crippen LogP contribution in [-0.4, -0.2) is 25.9 Å². The van der Waals surface area contributed by atoms with E-state index in [0.717, 1.165) is 39.3 Å². The van der Waals surface area contributed by atoms with Crippen molar-refractivity contribution in [3.8, 4) is 5.75 Å². The summed E-state index contributed by atoms with van der Waals surface area (Å²) in [5.74, 6) is 0.0991. The van der Waals surface area contributed by atoms with E-state index >= 15 is 0 Å². The van der Waals surface area contributed by atoms with Gasteiger partial charge >= 0.3 is 5.97 Å². The molecule has 3 aromatic heterocycles. The summed E-state index contributed by atoms with van der Waals surface area (Å²) in [6, 6.07) is 13.5. The van der Waals surface area contributed by atoms with Crippen LogP contribution in [0.5, 0.6) is 5.75 Å². The molecule has 2 aliphatic rings. The normalized spacial score (nSPS) is 12.3. The van der Waals surface area contributed by atoms with Crippen LogP contribution in [0.3, 0.4) is 0 Å². The highest BCUT2D eigenvalue weighted by atomic mass is 16.5. The molecule has 0 aromatic carbocycles. The Bertz CT molecular complexity index is 1330. The summed E-state index contributed by atoms with van der Waals surface area (Å²) in [6.45, 7) is 1.39. The molecule has 2 N–H and O–H groups in total. The third-order valence-corrected chi connectivity index (χ3v) is 4.38. The quantitative estimate of drug-likeness (QED) is 0.424. The van der Waals surface area contributed by atoms with Crippen molar-refractivity contribution >= 4 is 52.3 Å². The molecule has 0 amide bonds. The van der Waals surface area contributed by atoms with Gasteiger partial charge in [0.1, 0.15) is 0 Å². The molecule has 6 heteroatoms. The molecule has 0 aliphatic carbocycles. The number of aromatic amines is 2. The third kappa shape index (κ3) is 3.23. The van der Waals surface area contributed by atoms with Gasteiger partial charge in [-0.25, -0.2) is 9.97 Å². The average molecular weight is 368 g/mol. The van der Waals surface area contributed by atoms with Gasteiger partial charge in [0.25, 0.3) is 0 Å². The first kappa shape index (κ1) is 16.3. The lowest BCUT2D eigenvalue weighted by molar-refractivity contribution is -0.131. The van der Waals surface area contributed by atoms with Crippen LogP contribution >= 0.6 is 0 Å². The molecule has 136 valence electrons. The summed E-state index contributed by atoms with van der Waals surface area (Å²) in [6.07, 6.45) is 7.79. The number of rotatable bonds is 1. The predicted molar refractivity (Wildman–Crippen MR) is 110 cm³/mol. The third-order valence-electron chi connectivity index (χ3n) is 4.38. The van der Waals surface area contributed by atoms with Crippen molar-refractivity contribution in [3.63, 3.8) is 0 Å². The topological polar surface area (TPSA) is 83.7 Å². The number of nitrogens with one attached hydrogen (secondary N) is 2. The van der Waals surface area contributed by atoms with E-state index in [9.17, 15) is 4.79 Å². The highest BCUT2D eigenvalue weighted by Crippen LogP contribution is 2.24. The van der Waals surface area contributed by atoms with E-state index < -0.39 is 0 Å². The van der Waals surface area contributed by atoms with Crippen molar-refractivity contribution in [1.29, 1.82) is 0 Å². The van der Waals surface area contributed by atoms with Crippen LogP contribution < -0.4 is 4.74 Å². The fourth-order valence-corrected chi connectivity index (χ4v) is 3.23. The van der Waals surface area contributed by atoms with Crippen LogP contribution in [0, 0.1) is 0 Å². The van der Waals surface area contributed by atoms with Crippen molar-refractivity contribution in [3.05, 3.63) is 65.2 Å². The first-order valence-corrected chi connectivity index (χ1v) is 8.88. The number of fused-ring (bicyclic) bond motifs is 8. The summed E-state index contributed by atoms with van der Waals surface area (Å²) in [4.78, 5) is 27.3. The summed E-state index contributed by atoms with van der Waals surface area (Å²) < 4.78 is 5.36. The lowest BCUT2D eigenvalue weighted by Gasteiger charge is -1.96. The largest absolute Gasteiger partial charge is 0.424 e. The molecule has 0 saturated carbocycles. The first-order valence-electron chi connectivity index (χ1n) is 8.88. The van der Waals surface area contributed by atoms with Gasteiger partial charge in [-0.3, -0.25) is 4.79 Å². The van der Waals surface area contributed by atoms with Crippen molar-refractivity contribution in [1.82, 2.24) is 19.9 Å². The second kappa shape index (κ2) is 6.35. The Balaban J connectivity index is 1.83. The fraction of sp³-hybridized carbons (Fsp3) is 0.0455. The predicted octanol–water partition coefficient (Wildman–Crippen LogP) is 4.58. The standard InChI is InChI=1S/C22H16N4O2/c1-13(27)28-22-12-20-10-18-5-4-16(24-18)8-14-2-3-15(23-14)9-17-6-7-19(25-17)11-21(22)26-20/h2-12,24,26H,1H3. The van der Waals surface area contributed by atoms with Crippen LogP contribution in [0.1, 0.15) is 29.7 Å². The molecular formula is C22H16N4O2. The van der Waals surface area contributed by atoms with Crippen molar-refractivity contribution in [2.45, 2.75) is 6.92 Å². The number of H-pyrrole nitrogens is 2. The molecule has 0 spiro atoms. The molecule has 5 heterocycles. The molecule has 0 unspecified atom stereocenters. The fourth-order valence-electron chi connectivity index (χ4n) is 3.23. The van der Waals surface area contributed by atoms with Crippen LogP contribution in [0.25, 0.3) is 46.4 Å². The number of hydrogen-bond donors (Lipinski definition) is 2. The van der Waals surface area contributed by atoms with Crippen LogP contribution in [-0.2, 0) is 4.79 Å². The molecule has 5 rings (SSSR count). The molecule has 2 aliphatic heterocycles. The Labute approximate surface area is 160 Å². The van der Waals surface area contributed by atoms with E-state index in [-0.39, 0.29) is 5.97 Å². The van der Waals surface area contributed by atoms with Gasteiger partial charge in [0, 0.05) is 29.5 Å².